The summed E-state index contributed by atoms with van der Waals surface area (Å²) in [6.07, 6.45) is 10.6. The van der Waals surface area contributed by atoms with Crippen LogP contribution in [0.5, 0.6) is 0 Å². The Hall–Kier alpha value is -2.66. The van der Waals surface area contributed by atoms with Gasteiger partial charge in [-0.3, -0.25) is 9.78 Å². The van der Waals surface area contributed by atoms with E-state index in [1.807, 2.05) is 30.6 Å². The lowest BCUT2D eigenvalue weighted by Gasteiger charge is -2.16. The first-order chi connectivity index (χ1) is 16.1. The molecule has 0 aliphatic heterocycles. The molecule has 3 aromatic rings. The Kier molecular flexibility index (Phi) is 9.95. The summed E-state index contributed by atoms with van der Waals surface area (Å²) in [5.41, 5.74) is 3.06. The highest BCUT2D eigenvalue weighted by Crippen LogP contribution is 2.22. The number of unbranched alkanes of at least 4 members (excludes halogenated alkanes) is 1. The topological polar surface area (TPSA) is 50.2 Å². The Morgan fingerprint density at radius 3 is 2.67 bits per heavy atom. The molecule has 33 heavy (non-hydrogen) atoms. The Labute approximate surface area is 199 Å². The van der Waals surface area contributed by atoms with Crippen LogP contribution in [0, 0.1) is 5.92 Å². The highest BCUT2D eigenvalue weighted by molar-refractivity contribution is 6.07. The van der Waals surface area contributed by atoms with Gasteiger partial charge >= 0.3 is 0 Å². The van der Waals surface area contributed by atoms with Crippen molar-refractivity contribution in [1.29, 1.82) is 0 Å². The molecule has 5 heteroatoms. The number of aryl methyl sites for hydroxylation is 1. The zero-order chi connectivity index (χ0) is 23.5. The molecule has 0 bridgehead atoms. The fraction of sp³-hybridized carbons (Fsp3) is 0.500. The van der Waals surface area contributed by atoms with Gasteiger partial charge in [-0.1, -0.05) is 57.4 Å². The van der Waals surface area contributed by atoms with E-state index in [-0.39, 0.29) is 5.91 Å². The van der Waals surface area contributed by atoms with E-state index in [0.717, 1.165) is 67.6 Å². The first-order valence-electron chi connectivity index (χ1n) is 12.6. The molecule has 0 fully saturated rings. The molecule has 0 aliphatic rings. The number of likely N-dealkylation sites (N-methyl/N-ethyl adjacent to an activating group) is 1. The van der Waals surface area contributed by atoms with Crippen LogP contribution in [-0.2, 0) is 13.0 Å². The van der Waals surface area contributed by atoms with Gasteiger partial charge in [0, 0.05) is 55.0 Å². The zero-order valence-electron chi connectivity index (χ0n) is 20.6. The molecule has 2 aromatic heterocycles. The van der Waals surface area contributed by atoms with Crippen LogP contribution in [-0.4, -0.2) is 47.0 Å². The first kappa shape index (κ1) is 25.0. The molecule has 3 rings (SSSR count). The van der Waals surface area contributed by atoms with Gasteiger partial charge in [0.05, 0.1) is 5.56 Å². The lowest BCUT2D eigenvalue weighted by atomic mass is 9.99. The molecule has 1 amide bonds. The van der Waals surface area contributed by atoms with Crippen LogP contribution in [0.4, 0.5) is 0 Å². The lowest BCUT2D eigenvalue weighted by molar-refractivity contribution is 0.0947. The summed E-state index contributed by atoms with van der Waals surface area (Å²) in [5.74, 6) is 0.608. The number of fused-ring (bicyclic) bond motifs is 1. The summed E-state index contributed by atoms with van der Waals surface area (Å²) in [4.78, 5) is 19.8. The van der Waals surface area contributed by atoms with E-state index in [0.29, 0.717) is 5.92 Å². The van der Waals surface area contributed by atoms with Crippen molar-refractivity contribution < 1.29 is 4.79 Å². The first-order valence-corrected chi connectivity index (χ1v) is 12.6. The molecule has 178 valence electrons. The molecule has 1 aromatic carbocycles. The SMILES string of the molecule is CCCCC(CC)CNC(=O)c1cn(CCCN(C)CCc2ccccn2)c2ccccc12. The van der Waals surface area contributed by atoms with Crippen molar-refractivity contribution in [2.45, 2.75) is 58.9 Å². The molecular formula is C28H40N4O. The van der Waals surface area contributed by atoms with Crippen molar-refractivity contribution in [2.24, 2.45) is 5.92 Å². The van der Waals surface area contributed by atoms with Gasteiger partial charge in [0.2, 0.25) is 0 Å². The number of pyridine rings is 1. The normalized spacial score (nSPS) is 12.4. The third kappa shape index (κ3) is 7.43. The predicted molar refractivity (Wildman–Crippen MR) is 138 cm³/mol. The Morgan fingerprint density at radius 2 is 1.91 bits per heavy atom. The van der Waals surface area contributed by atoms with Gasteiger partial charge in [-0.05, 0) is 50.6 Å². The maximum atomic E-state index is 13.0. The summed E-state index contributed by atoms with van der Waals surface area (Å²) < 4.78 is 2.24. The van der Waals surface area contributed by atoms with Crippen molar-refractivity contribution in [2.75, 3.05) is 26.7 Å². The maximum Gasteiger partial charge on any atom is 0.253 e. The van der Waals surface area contributed by atoms with Crippen LogP contribution in [0.15, 0.2) is 54.9 Å². The minimum Gasteiger partial charge on any atom is -0.352 e. The summed E-state index contributed by atoms with van der Waals surface area (Å²) in [6.45, 7) is 8.10. The van der Waals surface area contributed by atoms with Gasteiger partial charge in [-0.25, -0.2) is 0 Å². The number of benzene rings is 1. The van der Waals surface area contributed by atoms with Crippen LogP contribution < -0.4 is 5.32 Å². The van der Waals surface area contributed by atoms with Crippen molar-refractivity contribution in [3.05, 3.63) is 66.1 Å². The van der Waals surface area contributed by atoms with Gasteiger partial charge < -0.3 is 14.8 Å². The minimum atomic E-state index is 0.0485. The molecule has 5 nitrogen and oxygen atoms in total. The van der Waals surface area contributed by atoms with Crippen LogP contribution in [0.25, 0.3) is 10.9 Å². The molecular weight excluding hydrogens is 408 g/mol. The van der Waals surface area contributed by atoms with Crippen molar-refractivity contribution in [3.8, 4) is 0 Å². The highest BCUT2D eigenvalue weighted by Gasteiger charge is 2.16. The lowest BCUT2D eigenvalue weighted by Crippen LogP contribution is -2.29. The Bertz CT molecular complexity index is 982. The van der Waals surface area contributed by atoms with Gasteiger partial charge in [0.1, 0.15) is 0 Å². The van der Waals surface area contributed by atoms with Gasteiger partial charge in [-0.15, -0.1) is 0 Å². The molecule has 0 aliphatic carbocycles. The van der Waals surface area contributed by atoms with Crippen molar-refractivity contribution in [1.82, 2.24) is 19.8 Å². The fourth-order valence-corrected chi connectivity index (χ4v) is 4.36. The number of carbonyl (C=O) groups excluding carboxylic acids is 1. The quantitative estimate of drug-likeness (QED) is 0.352. The van der Waals surface area contributed by atoms with Crippen LogP contribution in [0.1, 0.15) is 62.0 Å². The number of aromatic nitrogens is 2. The molecule has 0 saturated heterocycles. The summed E-state index contributed by atoms with van der Waals surface area (Å²) >= 11 is 0. The second-order valence-corrected chi connectivity index (χ2v) is 9.11. The van der Waals surface area contributed by atoms with E-state index < -0.39 is 0 Å². The average Bonchev–Trinajstić information content (AvgIpc) is 3.22. The number of amides is 1. The number of hydrogen-bond donors (Lipinski definition) is 1. The smallest absolute Gasteiger partial charge is 0.253 e. The number of nitrogens with one attached hydrogen (secondary N) is 1. The highest BCUT2D eigenvalue weighted by atomic mass is 16.1. The van der Waals surface area contributed by atoms with E-state index in [9.17, 15) is 4.79 Å². The molecule has 0 saturated carbocycles. The van der Waals surface area contributed by atoms with Crippen molar-refractivity contribution in [3.63, 3.8) is 0 Å². The third-order valence-corrected chi connectivity index (χ3v) is 6.54. The molecule has 1 atom stereocenters. The summed E-state index contributed by atoms with van der Waals surface area (Å²) in [5, 5.41) is 4.25. The fourth-order valence-electron chi connectivity index (χ4n) is 4.36. The van der Waals surface area contributed by atoms with Gasteiger partial charge in [0.25, 0.3) is 5.91 Å². The standard InChI is InChI=1S/C28H40N4O/c1-4-6-12-23(5-2)21-30-28(33)26-22-32(27-15-8-7-14-25(26)27)19-11-18-31(3)20-16-24-13-9-10-17-29-24/h7-10,13-15,17,22-23H,4-6,11-12,16,18-21H2,1-3H3,(H,30,33). The number of para-hydroxylation sites is 1. The second-order valence-electron chi connectivity index (χ2n) is 9.11. The molecule has 1 N–H and O–H groups in total. The Balaban J connectivity index is 1.56. The second kappa shape index (κ2) is 13.1. The van der Waals surface area contributed by atoms with E-state index in [1.165, 1.54) is 19.3 Å². The molecule has 2 heterocycles. The van der Waals surface area contributed by atoms with E-state index in [2.05, 4.69) is 64.9 Å². The van der Waals surface area contributed by atoms with E-state index >= 15 is 0 Å². The Morgan fingerprint density at radius 1 is 1.09 bits per heavy atom. The molecule has 1 unspecified atom stereocenters. The summed E-state index contributed by atoms with van der Waals surface area (Å²) in [7, 11) is 2.16. The number of carbonyl (C=O) groups is 1. The number of rotatable bonds is 14. The average molecular weight is 449 g/mol. The third-order valence-electron chi connectivity index (χ3n) is 6.54. The number of hydrogen-bond acceptors (Lipinski definition) is 3. The predicted octanol–water partition coefficient (Wildman–Crippen LogP) is 5.55. The van der Waals surface area contributed by atoms with E-state index in [4.69, 9.17) is 0 Å². The monoisotopic (exact) mass is 448 g/mol. The summed E-state index contributed by atoms with van der Waals surface area (Å²) in [6, 6.07) is 14.3. The maximum absolute atomic E-state index is 13.0. The van der Waals surface area contributed by atoms with Gasteiger partial charge in [0.15, 0.2) is 0 Å². The van der Waals surface area contributed by atoms with Crippen LogP contribution in [0.3, 0.4) is 0 Å². The largest absolute Gasteiger partial charge is 0.352 e. The van der Waals surface area contributed by atoms with E-state index in [1.54, 1.807) is 0 Å². The van der Waals surface area contributed by atoms with Crippen molar-refractivity contribution >= 4 is 16.8 Å². The van der Waals surface area contributed by atoms with Crippen LogP contribution >= 0.6 is 0 Å². The van der Waals surface area contributed by atoms with Gasteiger partial charge in [-0.2, -0.15) is 0 Å². The molecule has 0 radical (unpaired) electrons. The molecule has 0 spiro atoms. The zero-order valence-corrected chi connectivity index (χ0v) is 20.6. The minimum absolute atomic E-state index is 0.0485. The number of nitrogens with zero attached hydrogens (tertiary/aromatic N) is 3. The van der Waals surface area contributed by atoms with Crippen LogP contribution in [0.2, 0.25) is 0 Å².